The second-order valence-corrected chi connectivity index (χ2v) is 6.64. The van der Waals surface area contributed by atoms with Crippen LogP contribution in [0.15, 0.2) is 48.5 Å². The zero-order valence-electron chi connectivity index (χ0n) is 14.9. The van der Waals surface area contributed by atoms with Crippen LogP contribution < -0.4 is 10.2 Å². The average Bonchev–Trinajstić information content (AvgIpc) is 3.45. The van der Waals surface area contributed by atoms with E-state index in [1.165, 1.54) is 12.1 Å². The van der Waals surface area contributed by atoms with Gasteiger partial charge in [-0.1, -0.05) is 31.2 Å². The number of halogens is 1. The SMILES string of the molecule is CCC(=O)N(Cc1ccc(F)cc1)c1ccc(CC(=O)NC2CC2)cc1. The van der Waals surface area contributed by atoms with Crippen molar-refractivity contribution < 1.29 is 14.0 Å². The molecule has 0 aliphatic heterocycles. The minimum absolute atomic E-state index is 0.00597. The summed E-state index contributed by atoms with van der Waals surface area (Å²) in [7, 11) is 0. The van der Waals surface area contributed by atoms with Crippen molar-refractivity contribution in [1.82, 2.24) is 5.32 Å². The van der Waals surface area contributed by atoms with Crippen LogP contribution in [0.2, 0.25) is 0 Å². The largest absolute Gasteiger partial charge is 0.353 e. The summed E-state index contributed by atoms with van der Waals surface area (Å²) in [6.45, 7) is 2.20. The van der Waals surface area contributed by atoms with Gasteiger partial charge in [0.2, 0.25) is 11.8 Å². The standard InChI is InChI=1S/C21H23FN2O2/c1-2-21(26)24(14-16-3-7-17(22)8-4-16)19-11-5-15(6-12-19)13-20(25)23-18-9-10-18/h3-8,11-12,18H,2,9-10,13-14H2,1H3,(H,23,25). The monoisotopic (exact) mass is 354 g/mol. The Morgan fingerprint density at radius 3 is 2.23 bits per heavy atom. The van der Waals surface area contributed by atoms with Crippen LogP contribution in [-0.4, -0.2) is 17.9 Å². The molecule has 5 heteroatoms. The van der Waals surface area contributed by atoms with Gasteiger partial charge < -0.3 is 10.2 Å². The van der Waals surface area contributed by atoms with Gasteiger partial charge in [-0.25, -0.2) is 4.39 Å². The van der Waals surface area contributed by atoms with Crippen LogP contribution in [0.1, 0.15) is 37.3 Å². The first kappa shape index (κ1) is 18.1. The summed E-state index contributed by atoms with van der Waals surface area (Å²) >= 11 is 0. The number of nitrogens with zero attached hydrogens (tertiary/aromatic N) is 1. The molecule has 2 aromatic carbocycles. The third kappa shape index (κ3) is 4.91. The summed E-state index contributed by atoms with van der Waals surface area (Å²) in [6, 6.07) is 14.0. The molecule has 1 fully saturated rings. The van der Waals surface area contributed by atoms with E-state index in [-0.39, 0.29) is 17.6 Å². The smallest absolute Gasteiger partial charge is 0.227 e. The van der Waals surface area contributed by atoms with E-state index in [1.54, 1.807) is 17.0 Å². The lowest BCUT2D eigenvalue weighted by molar-refractivity contribution is -0.120. The molecule has 1 saturated carbocycles. The Morgan fingerprint density at radius 1 is 1.04 bits per heavy atom. The first-order chi connectivity index (χ1) is 12.5. The van der Waals surface area contributed by atoms with Crippen molar-refractivity contribution in [2.24, 2.45) is 0 Å². The predicted molar refractivity (Wildman–Crippen MR) is 99.2 cm³/mol. The maximum absolute atomic E-state index is 13.1. The molecule has 0 unspecified atom stereocenters. The van der Waals surface area contributed by atoms with Gasteiger partial charge in [0.15, 0.2) is 0 Å². The Labute approximate surface area is 153 Å². The minimum Gasteiger partial charge on any atom is -0.353 e. The van der Waals surface area contributed by atoms with Gasteiger partial charge in [-0.15, -0.1) is 0 Å². The molecule has 2 amide bonds. The van der Waals surface area contributed by atoms with Crippen molar-refractivity contribution in [2.75, 3.05) is 4.90 Å². The topological polar surface area (TPSA) is 49.4 Å². The van der Waals surface area contributed by atoms with Gasteiger partial charge in [0, 0.05) is 18.2 Å². The van der Waals surface area contributed by atoms with E-state index in [9.17, 15) is 14.0 Å². The van der Waals surface area contributed by atoms with Gasteiger partial charge in [0.1, 0.15) is 5.82 Å². The number of nitrogens with one attached hydrogen (secondary N) is 1. The van der Waals surface area contributed by atoms with E-state index in [0.29, 0.717) is 25.4 Å². The zero-order valence-corrected chi connectivity index (χ0v) is 14.9. The third-order valence-electron chi connectivity index (χ3n) is 4.41. The number of benzene rings is 2. The molecule has 0 bridgehead atoms. The second kappa shape index (κ2) is 8.13. The van der Waals surface area contributed by atoms with Crippen molar-refractivity contribution in [1.29, 1.82) is 0 Å². The summed E-state index contributed by atoms with van der Waals surface area (Å²) in [5, 5.41) is 2.97. The molecule has 0 atom stereocenters. The first-order valence-electron chi connectivity index (χ1n) is 8.98. The number of hydrogen-bond donors (Lipinski definition) is 1. The number of amides is 2. The highest BCUT2D eigenvalue weighted by Gasteiger charge is 2.23. The van der Waals surface area contributed by atoms with Crippen LogP contribution in [-0.2, 0) is 22.6 Å². The Morgan fingerprint density at radius 2 is 1.65 bits per heavy atom. The van der Waals surface area contributed by atoms with Crippen LogP contribution in [0.5, 0.6) is 0 Å². The number of hydrogen-bond acceptors (Lipinski definition) is 2. The molecule has 1 aliphatic carbocycles. The molecule has 2 aromatic rings. The highest BCUT2D eigenvalue weighted by molar-refractivity contribution is 5.93. The Kier molecular flexibility index (Phi) is 5.66. The fourth-order valence-corrected chi connectivity index (χ4v) is 2.77. The molecule has 0 saturated heterocycles. The predicted octanol–water partition coefficient (Wildman–Crippen LogP) is 3.59. The summed E-state index contributed by atoms with van der Waals surface area (Å²) < 4.78 is 13.1. The van der Waals surface area contributed by atoms with Gasteiger partial charge in [-0.05, 0) is 48.2 Å². The Balaban J connectivity index is 1.70. The van der Waals surface area contributed by atoms with Crippen molar-refractivity contribution in [3.05, 3.63) is 65.5 Å². The summed E-state index contributed by atoms with van der Waals surface area (Å²) in [4.78, 5) is 25.9. The molecular formula is C21H23FN2O2. The van der Waals surface area contributed by atoms with Crippen LogP contribution in [0.4, 0.5) is 10.1 Å². The molecule has 1 aliphatic rings. The normalized spacial score (nSPS) is 13.3. The third-order valence-corrected chi connectivity index (χ3v) is 4.41. The number of anilines is 1. The lowest BCUT2D eigenvalue weighted by Crippen LogP contribution is -2.29. The van der Waals surface area contributed by atoms with Gasteiger partial charge >= 0.3 is 0 Å². The van der Waals surface area contributed by atoms with E-state index < -0.39 is 0 Å². The first-order valence-corrected chi connectivity index (χ1v) is 8.98. The molecule has 0 radical (unpaired) electrons. The van der Waals surface area contributed by atoms with Crippen LogP contribution >= 0.6 is 0 Å². The average molecular weight is 354 g/mol. The molecule has 0 heterocycles. The van der Waals surface area contributed by atoms with Crippen molar-refractivity contribution in [3.63, 3.8) is 0 Å². The minimum atomic E-state index is -0.295. The number of carbonyl (C=O) groups is 2. The second-order valence-electron chi connectivity index (χ2n) is 6.64. The Hall–Kier alpha value is -2.69. The van der Waals surface area contributed by atoms with Crippen LogP contribution in [0, 0.1) is 5.82 Å². The van der Waals surface area contributed by atoms with Gasteiger partial charge in [0.05, 0.1) is 13.0 Å². The number of carbonyl (C=O) groups excluding carboxylic acids is 2. The molecule has 4 nitrogen and oxygen atoms in total. The fraction of sp³-hybridized carbons (Fsp3) is 0.333. The molecule has 0 aromatic heterocycles. The van der Waals surface area contributed by atoms with E-state index >= 15 is 0 Å². The van der Waals surface area contributed by atoms with Crippen molar-refractivity contribution in [2.45, 2.75) is 45.2 Å². The van der Waals surface area contributed by atoms with Crippen molar-refractivity contribution >= 4 is 17.5 Å². The van der Waals surface area contributed by atoms with Crippen LogP contribution in [0.25, 0.3) is 0 Å². The molecule has 26 heavy (non-hydrogen) atoms. The van der Waals surface area contributed by atoms with Gasteiger partial charge in [0.25, 0.3) is 0 Å². The summed E-state index contributed by atoms with van der Waals surface area (Å²) in [5.41, 5.74) is 2.55. The maximum atomic E-state index is 13.1. The highest BCUT2D eigenvalue weighted by Crippen LogP contribution is 2.21. The van der Waals surface area contributed by atoms with E-state index in [2.05, 4.69) is 5.32 Å². The van der Waals surface area contributed by atoms with Crippen molar-refractivity contribution in [3.8, 4) is 0 Å². The van der Waals surface area contributed by atoms with Crippen LogP contribution in [0.3, 0.4) is 0 Å². The fourth-order valence-electron chi connectivity index (χ4n) is 2.77. The molecular weight excluding hydrogens is 331 g/mol. The lowest BCUT2D eigenvalue weighted by Gasteiger charge is -2.23. The molecule has 1 N–H and O–H groups in total. The van der Waals surface area contributed by atoms with E-state index in [0.717, 1.165) is 29.7 Å². The van der Waals surface area contributed by atoms with Gasteiger partial charge in [-0.2, -0.15) is 0 Å². The summed E-state index contributed by atoms with van der Waals surface area (Å²) in [5.74, 6) is -0.266. The molecule has 136 valence electrons. The number of rotatable bonds is 7. The molecule has 3 rings (SSSR count). The van der Waals surface area contributed by atoms with E-state index in [1.807, 2.05) is 31.2 Å². The maximum Gasteiger partial charge on any atom is 0.227 e. The van der Waals surface area contributed by atoms with E-state index in [4.69, 9.17) is 0 Å². The molecule has 0 spiro atoms. The zero-order chi connectivity index (χ0) is 18.5. The summed E-state index contributed by atoms with van der Waals surface area (Å²) in [6.07, 6.45) is 2.87. The lowest BCUT2D eigenvalue weighted by atomic mass is 10.1. The quantitative estimate of drug-likeness (QED) is 0.826. The Bertz CT molecular complexity index is 768. The highest BCUT2D eigenvalue weighted by atomic mass is 19.1. The van der Waals surface area contributed by atoms with Gasteiger partial charge in [-0.3, -0.25) is 9.59 Å².